The van der Waals surface area contributed by atoms with Crippen molar-refractivity contribution in [2.75, 3.05) is 31.9 Å². The van der Waals surface area contributed by atoms with Gasteiger partial charge in [0.1, 0.15) is 0 Å². The van der Waals surface area contributed by atoms with Gasteiger partial charge in [-0.1, -0.05) is 0 Å². The summed E-state index contributed by atoms with van der Waals surface area (Å²) in [6, 6.07) is 1.13. The molecule has 1 unspecified atom stereocenters. The fourth-order valence-corrected chi connectivity index (χ4v) is 3.52. The van der Waals surface area contributed by atoms with E-state index in [0.717, 1.165) is 19.5 Å². The van der Waals surface area contributed by atoms with Crippen molar-refractivity contribution in [3.63, 3.8) is 0 Å². The molecule has 0 aromatic heterocycles. The van der Waals surface area contributed by atoms with E-state index in [4.69, 9.17) is 0 Å². The Balaban J connectivity index is 1.63. The summed E-state index contributed by atoms with van der Waals surface area (Å²) in [5, 5.41) is 3.24. The summed E-state index contributed by atoms with van der Waals surface area (Å²) in [6.45, 7) is 7.65. The average molecular weight is 289 g/mol. The molecule has 19 heavy (non-hydrogen) atoms. The van der Waals surface area contributed by atoms with Crippen LogP contribution in [0.4, 0.5) is 0 Å². The highest BCUT2D eigenvalue weighted by molar-refractivity contribution is 7.89. The third kappa shape index (κ3) is 5.38. The number of nitrogens with zero attached hydrogens (tertiary/aromatic N) is 1. The summed E-state index contributed by atoms with van der Waals surface area (Å²) in [5.74, 6) is 0.665. The second kappa shape index (κ2) is 6.52. The van der Waals surface area contributed by atoms with Gasteiger partial charge in [-0.05, 0) is 45.6 Å². The molecule has 2 fully saturated rings. The van der Waals surface area contributed by atoms with Crippen LogP contribution < -0.4 is 10.0 Å². The van der Waals surface area contributed by atoms with Crippen LogP contribution in [0.15, 0.2) is 0 Å². The Morgan fingerprint density at radius 1 is 1.26 bits per heavy atom. The molecule has 1 saturated heterocycles. The Morgan fingerprint density at radius 3 is 2.58 bits per heavy atom. The second-order valence-corrected chi connectivity index (χ2v) is 8.07. The molecule has 1 aliphatic heterocycles. The Kier molecular flexibility index (Phi) is 5.22. The first kappa shape index (κ1) is 15.2. The summed E-state index contributed by atoms with van der Waals surface area (Å²) in [4.78, 5) is 2.41. The van der Waals surface area contributed by atoms with Crippen molar-refractivity contribution in [3.05, 3.63) is 0 Å². The topological polar surface area (TPSA) is 61.4 Å². The minimum absolute atomic E-state index is 0.199. The molecule has 0 radical (unpaired) electrons. The van der Waals surface area contributed by atoms with Gasteiger partial charge in [-0.15, -0.1) is 0 Å². The van der Waals surface area contributed by atoms with Crippen LogP contribution in [-0.4, -0.2) is 57.3 Å². The molecule has 1 heterocycles. The van der Waals surface area contributed by atoms with Crippen LogP contribution in [-0.2, 0) is 10.0 Å². The molecule has 112 valence electrons. The maximum absolute atomic E-state index is 11.8. The highest BCUT2D eigenvalue weighted by atomic mass is 32.2. The summed E-state index contributed by atoms with van der Waals surface area (Å²) >= 11 is 0. The third-order valence-electron chi connectivity index (χ3n) is 4.02. The first-order valence-corrected chi connectivity index (χ1v) is 9.06. The van der Waals surface area contributed by atoms with E-state index in [9.17, 15) is 8.42 Å². The smallest absolute Gasteiger partial charge is 0.212 e. The van der Waals surface area contributed by atoms with Gasteiger partial charge in [-0.3, -0.25) is 0 Å². The van der Waals surface area contributed by atoms with E-state index in [-0.39, 0.29) is 5.75 Å². The first-order chi connectivity index (χ1) is 8.96. The Bertz CT molecular complexity index is 379. The Morgan fingerprint density at radius 2 is 2.00 bits per heavy atom. The van der Waals surface area contributed by atoms with Crippen LogP contribution in [0, 0.1) is 5.92 Å². The van der Waals surface area contributed by atoms with Gasteiger partial charge in [-0.2, -0.15) is 0 Å². The number of nitrogens with one attached hydrogen (secondary N) is 2. The molecule has 1 aliphatic carbocycles. The van der Waals surface area contributed by atoms with Crippen molar-refractivity contribution in [2.24, 2.45) is 5.92 Å². The lowest BCUT2D eigenvalue weighted by molar-refractivity contribution is 0.265. The average Bonchev–Trinajstić information content (AvgIpc) is 3.02. The van der Waals surface area contributed by atoms with Crippen molar-refractivity contribution in [1.29, 1.82) is 0 Å². The van der Waals surface area contributed by atoms with E-state index < -0.39 is 10.0 Å². The van der Waals surface area contributed by atoms with Crippen LogP contribution in [0.1, 0.15) is 33.1 Å². The molecule has 5 nitrogen and oxygen atoms in total. The van der Waals surface area contributed by atoms with Crippen molar-refractivity contribution in [2.45, 2.75) is 45.2 Å². The molecule has 0 spiro atoms. The quantitative estimate of drug-likeness (QED) is 0.678. The zero-order chi connectivity index (χ0) is 13.9. The lowest BCUT2D eigenvalue weighted by Gasteiger charge is -2.20. The highest BCUT2D eigenvalue weighted by Crippen LogP contribution is 2.18. The largest absolute Gasteiger partial charge is 0.313 e. The maximum atomic E-state index is 11.8. The van der Waals surface area contributed by atoms with Crippen molar-refractivity contribution in [3.8, 4) is 0 Å². The van der Waals surface area contributed by atoms with E-state index in [1.54, 1.807) is 0 Å². The second-order valence-electron chi connectivity index (χ2n) is 6.14. The van der Waals surface area contributed by atoms with Gasteiger partial charge in [0, 0.05) is 31.7 Å². The molecule has 0 bridgehead atoms. The molecular weight excluding hydrogens is 262 g/mol. The monoisotopic (exact) mass is 289 g/mol. The molecule has 1 saturated carbocycles. The SMILES string of the molecule is CC(C)N1CCC(CNS(=O)(=O)CCNC2CC2)C1. The Hall–Kier alpha value is -0.170. The van der Waals surface area contributed by atoms with Gasteiger partial charge in [0.05, 0.1) is 5.75 Å². The lowest BCUT2D eigenvalue weighted by atomic mass is 10.1. The Labute approximate surface area is 117 Å². The molecule has 6 heteroatoms. The van der Waals surface area contributed by atoms with Crippen LogP contribution in [0.25, 0.3) is 0 Å². The van der Waals surface area contributed by atoms with E-state index in [2.05, 4.69) is 28.8 Å². The van der Waals surface area contributed by atoms with Gasteiger partial charge >= 0.3 is 0 Å². The fourth-order valence-electron chi connectivity index (χ4n) is 2.50. The molecular formula is C13H27N3O2S. The first-order valence-electron chi connectivity index (χ1n) is 7.41. The minimum atomic E-state index is -3.11. The summed E-state index contributed by atoms with van der Waals surface area (Å²) in [5.41, 5.74) is 0. The molecule has 2 N–H and O–H groups in total. The third-order valence-corrected chi connectivity index (χ3v) is 5.37. The zero-order valence-electron chi connectivity index (χ0n) is 12.1. The van der Waals surface area contributed by atoms with E-state index >= 15 is 0 Å². The van der Waals surface area contributed by atoms with Gasteiger partial charge in [0.25, 0.3) is 0 Å². The number of rotatable bonds is 8. The van der Waals surface area contributed by atoms with Crippen molar-refractivity contribution >= 4 is 10.0 Å². The molecule has 2 rings (SSSR count). The standard InChI is InChI=1S/C13H27N3O2S/c1-11(2)16-7-5-12(10-16)9-15-19(17,18)8-6-14-13-3-4-13/h11-15H,3-10H2,1-2H3. The van der Waals surface area contributed by atoms with E-state index in [1.807, 2.05) is 0 Å². The predicted octanol–water partition coefficient (Wildman–Crippen LogP) is 0.388. The predicted molar refractivity (Wildman–Crippen MR) is 77.6 cm³/mol. The highest BCUT2D eigenvalue weighted by Gasteiger charge is 2.25. The molecule has 0 aromatic carbocycles. The number of hydrogen-bond acceptors (Lipinski definition) is 4. The van der Waals surface area contributed by atoms with Crippen LogP contribution >= 0.6 is 0 Å². The normalized spacial score (nSPS) is 25.3. The van der Waals surface area contributed by atoms with Crippen LogP contribution in [0.2, 0.25) is 0 Å². The zero-order valence-corrected chi connectivity index (χ0v) is 12.9. The summed E-state index contributed by atoms with van der Waals surface area (Å²) in [6.07, 6.45) is 3.49. The molecule has 1 atom stereocenters. The molecule has 0 amide bonds. The lowest BCUT2D eigenvalue weighted by Crippen LogP contribution is -2.36. The number of sulfonamides is 1. The van der Waals surface area contributed by atoms with E-state index in [1.165, 1.54) is 12.8 Å². The van der Waals surface area contributed by atoms with Crippen molar-refractivity contribution < 1.29 is 8.42 Å². The number of hydrogen-bond donors (Lipinski definition) is 2. The molecule has 0 aromatic rings. The van der Waals surface area contributed by atoms with Gasteiger partial charge in [0.2, 0.25) is 10.0 Å². The van der Waals surface area contributed by atoms with E-state index in [0.29, 0.717) is 31.1 Å². The van der Waals surface area contributed by atoms with Crippen molar-refractivity contribution in [1.82, 2.24) is 14.9 Å². The van der Waals surface area contributed by atoms with Gasteiger partial charge < -0.3 is 10.2 Å². The molecule has 2 aliphatic rings. The fraction of sp³-hybridized carbons (Fsp3) is 1.00. The van der Waals surface area contributed by atoms with Gasteiger partial charge in [0.15, 0.2) is 0 Å². The summed E-state index contributed by atoms with van der Waals surface area (Å²) in [7, 11) is -3.11. The van der Waals surface area contributed by atoms with Crippen LogP contribution in [0.3, 0.4) is 0 Å². The number of likely N-dealkylation sites (tertiary alicyclic amines) is 1. The van der Waals surface area contributed by atoms with Gasteiger partial charge in [-0.25, -0.2) is 13.1 Å². The maximum Gasteiger partial charge on any atom is 0.212 e. The minimum Gasteiger partial charge on any atom is -0.313 e. The van der Waals surface area contributed by atoms with Crippen LogP contribution in [0.5, 0.6) is 0 Å². The summed E-state index contributed by atoms with van der Waals surface area (Å²) < 4.78 is 26.4.